The lowest BCUT2D eigenvalue weighted by molar-refractivity contribution is -0.384. The number of rotatable bonds is 6. The van der Waals surface area contributed by atoms with Gasteiger partial charge in [-0.1, -0.05) is 0 Å². The molecule has 0 radical (unpaired) electrons. The monoisotopic (exact) mass is 309 g/mol. The van der Waals surface area contributed by atoms with Crippen LogP contribution in [-0.4, -0.2) is 32.2 Å². The molecule has 0 aliphatic heterocycles. The third-order valence-electron chi connectivity index (χ3n) is 3.33. The lowest BCUT2D eigenvalue weighted by Gasteiger charge is -2.23. The van der Waals surface area contributed by atoms with Gasteiger partial charge < -0.3 is 4.90 Å². The molecule has 21 heavy (non-hydrogen) atoms. The third kappa shape index (κ3) is 3.49. The standard InChI is InChI=1S/C13H15N3O4S/c1-21(19,20)11-5-6-12(13(9-11)16(17)18)15(8-2-7-14)10-3-4-10/h5-6,9-10H,2-4,8H2,1H3. The number of nitriles is 1. The molecule has 0 spiro atoms. The summed E-state index contributed by atoms with van der Waals surface area (Å²) in [5, 5.41) is 19.9. The zero-order valence-electron chi connectivity index (χ0n) is 11.5. The summed E-state index contributed by atoms with van der Waals surface area (Å²) in [4.78, 5) is 12.4. The van der Waals surface area contributed by atoms with Gasteiger partial charge in [-0.2, -0.15) is 5.26 Å². The second kappa shape index (κ2) is 5.69. The number of anilines is 1. The number of nitrogens with zero attached hydrogens (tertiary/aromatic N) is 3. The molecule has 0 aromatic heterocycles. The van der Waals surface area contributed by atoms with Crippen LogP contribution < -0.4 is 4.90 Å². The summed E-state index contributed by atoms with van der Waals surface area (Å²) in [6, 6.07) is 6.15. The van der Waals surface area contributed by atoms with E-state index >= 15 is 0 Å². The van der Waals surface area contributed by atoms with Gasteiger partial charge in [0.2, 0.25) is 0 Å². The quantitative estimate of drug-likeness (QED) is 0.587. The predicted octanol–water partition coefficient (Wildman–Crippen LogP) is 1.88. The molecule has 0 N–H and O–H groups in total. The van der Waals surface area contributed by atoms with Crippen LogP contribution in [0.2, 0.25) is 0 Å². The minimum Gasteiger partial charge on any atom is -0.362 e. The van der Waals surface area contributed by atoms with Gasteiger partial charge >= 0.3 is 0 Å². The highest BCUT2D eigenvalue weighted by Gasteiger charge is 2.33. The highest BCUT2D eigenvalue weighted by atomic mass is 32.2. The molecular formula is C13H15N3O4S. The summed E-state index contributed by atoms with van der Waals surface area (Å²) in [7, 11) is -3.50. The zero-order chi connectivity index (χ0) is 15.6. The molecule has 0 atom stereocenters. The van der Waals surface area contributed by atoms with Gasteiger partial charge in [-0.3, -0.25) is 10.1 Å². The van der Waals surface area contributed by atoms with Crippen LogP contribution in [0.15, 0.2) is 23.1 Å². The Morgan fingerprint density at radius 2 is 2.14 bits per heavy atom. The van der Waals surface area contributed by atoms with Crippen LogP contribution in [-0.2, 0) is 9.84 Å². The van der Waals surface area contributed by atoms with Gasteiger partial charge in [-0.05, 0) is 25.0 Å². The van der Waals surface area contributed by atoms with Crippen LogP contribution in [0.25, 0.3) is 0 Å². The second-order valence-electron chi connectivity index (χ2n) is 5.01. The molecule has 0 amide bonds. The van der Waals surface area contributed by atoms with Crippen molar-refractivity contribution in [3.05, 3.63) is 28.3 Å². The second-order valence-corrected chi connectivity index (χ2v) is 7.03. The van der Waals surface area contributed by atoms with Crippen molar-refractivity contribution in [2.75, 3.05) is 17.7 Å². The van der Waals surface area contributed by atoms with Crippen LogP contribution in [0, 0.1) is 21.4 Å². The Labute approximate surface area is 122 Å². The zero-order valence-corrected chi connectivity index (χ0v) is 12.3. The third-order valence-corrected chi connectivity index (χ3v) is 4.44. The van der Waals surface area contributed by atoms with Gasteiger partial charge in [0.15, 0.2) is 9.84 Å². The fourth-order valence-corrected chi connectivity index (χ4v) is 2.82. The Balaban J connectivity index is 2.46. The first kappa shape index (κ1) is 15.3. The summed E-state index contributed by atoms with van der Waals surface area (Å²) in [6.45, 7) is 0.403. The van der Waals surface area contributed by atoms with E-state index in [0.29, 0.717) is 12.2 Å². The van der Waals surface area contributed by atoms with E-state index in [2.05, 4.69) is 0 Å². The fourth-order valence-electron chi connectivity index (χ4n) is 2.18. The van der Waals surface area contributed by atoms with Crippen molar-refractivity contribution in [3.63, 3.8) is 0 Å². The summed E-state index contributed by atoms with van der Waals surface area (Å²) < 4.78 is 23.1. The number of nitro groups is 1. The number of benzene rings is 1. The maximum atomic E-state index is 11.5. The normalized spacial score (nSPS) is 14.5. The molecule has 0 bridgehead atoms. The SMILES string of the molecule is CS(=O)(=O)c1ccc(N(CCC#N)C2CC2)c([N+](=O)[O-])c1. The average Bonchev–Trinajstić information content (AvgIpc) is 3.22. The molecule has 1 aromatic carbocycles. The van der Waals surface area contributed by atoms with E-state index < -0.39 is 14.8 Å². The fraction of sp³-hybridized carbons (Fsp3) is 0.462. The maximum Gasteiger partial charge on any atom is 0.293 e. The van der Waals surface area contributed by atoms with E-state index in [1.54, 1.807) is 0 Å². The summed E-state index contributed by atoms with van der Waals surface area (Å²) in [5.41, 5.74) is 0.146. The number of nitro benzene ring substituents is 1. The molecule has 7 nitrogen and oxygen atoms in total. The van der Waals surface area contributed by atoms with E-state index in [-0.39, 0.29) is 23.0 Å². The predicted molar refractivity (Wildman–Crippen MR) is 76.8 cm³/mol. The molecule has 1 saturated carbocycles. The molecule has 1 aliphatic rings. The van der Waals surface area contributed by atoms with Gasteiger partial charge in [-0.15, -0.1) is 0 Å². The first-order valence-electron chi connectivity index (χ1n) is 6.46. The van der Waals surface area contributed by atoms with Gasteiger partial charge in [0.25, 0.3) is 5.69 Å². The minimum absolute atomic E-state index is 0.0750. The lowest BCUT2D eigenvalue weighted by Crippen LogP contribution is -2.27. The van der Waals surface area contributed by atoms with Crippen LogP contribution in [0.5, 0.6) is 0 Å². The van der Waals surface area contributed by atoms with E-state index in [4.69, 9.17) is 5.26 Å². The van der Waals surface area contributed by atoms with Crippen LogP contribution in [0.3, 0.4) is 0 Å². The van der Waals surface area contributed by atoms with Crippen molar-refractivity contribution in [2.24, 2.45) is 0 Å². The Morgan fingerprint density at radius 1 is 1.48 bits per heavy atom. The van der Waals surface area contributed by atoms with Gasteiger partial charge in [-0.25, -0.2) is 8.42 Å². The van der Waals surface area contributed by atoms with Crippen molar-refractivity contribution in [1.29, 1.82) is 5.26 Å². The Morgan fingerprint density at radius 3 is 2.62 bits per heavy atom. The van der Waals surface area contributed by atoms with Crippen molar-refractivity contribution >= 4 is 21.2 Å². The molecule has 1 aromatic rings. The van der Waals surface area contributed by atoms with E-state index in [0.717, 1.165) is 25.2 Å². The topological polar surface area (TPSA) is 104 Å². The molecule has 2 rings (SSSR count). The van der Waals surface area contributed by atoms with E-state index in [1.165, 1.54) is 12.1 Å². The molecule has 0 unspecified atom stereocenters. The highest BCUT2D eigenvalue weighted by molar-refractivity contribution is 7.90. The van der Waals surface area contributed by atoms with Gasteiger partial charge in [0.1, 0.15) is 5.69 Å². The molecule has 8 heteroatoms. The molecule has 1 aliphatic carbocycles. The molecule has 1 fully saturated rings. The Kier molecular flexibility index (Phi) is 4.14. The van der Waals surface area contributed by atoms with Crippen molar-refractivity contribution < 1.29 is 13.3 Å². The lowest BCUT2D eigenvalue weighted by atomic mass is 10.2. The maximum absolute atomic E-state index is 11.5. The van der Waals surface area contributed by atoms with Gasteiger partial charge in [0.05, 0.1) is 22.3 Å². The molecular weight excluding hydrogens is 294 g/mol. The van der Waals surface area contributed by atoms with Crippen molar-refractivity contribution in [1.82, 2.24) is 0 Å². The van der Waals surface area contributed by atoms with Crippen molar-refractivity contribution in [3.8, 4) is 6.07 Å². The highest BCUT2D eigenvalue weighted by Crippen LogP contribution is 2.38. The Bertz CT molecular complexity index is 705. The first-order valence-corrected chi connectivity index (χ1v) is 8.36. The summed E-state index contributed by atoms with van der Waals surface area (Å²) in [6.07, 6.45) is 3.13. The van der Waals surface area contributed by atoms with E-state index in [9.17, 15) is 18.5 Å². The largest absolute Gasteiger partial charge is 0.362 e. The summed E-state index contributed by atoms with van der Waals surface area (Å²) >= 11 is 0. The number of sulfone groups is 1. The van der Waals surface area contributed by atoms with Crippen LogP contribution in [0.4, 0.5) is 11.4 Å². The van der Waals surface area contributed by atoms with Crippen LogP contribution in [0.1, 0.15) is 19.3 Å². The van der Waals surface area contributed by atoms with Crippen LogP contribution >= 0.6 is 0 Å². The van der Waals surface area contributed by atoms with Gasteiger partial charge in [0, 0.05) is 24.9 Å². The summed E-state index contributed by atoms with van der Waals surface area (Å²) in [5.74, 6) is 0. The average molecular weight is 309 g/mol. The molecule has 112 valence electrons. The molecule has 0 heterocycles. The first-order chi connectivity index (χ1) is 9.84. The van der Waals surface area contributed by atoms with E-state index in [1.807, 2.05) is 11.0 Å². The number of hydrogen-bond donors (Lipinski definition) is 0. The van der Waals surface area contributed by atoms with Crippen molar-refractivity contribution in [2.45, 2.75) is 30.2 Å². The minimum atomic E-state index is -3.50. The number of hydrogen-bond acceptors (Lipinski definition) is 6. The smallest absolute Gasteiger partial charge is 0.293 e. The Hall–Kier alpha value is -2.14. The molecule has 0 saturated heterocycles.